The number of aromatic nitrogens is 1. The van der Waals surface area contributed by atoms with Crippen LogP contribution >= 0.6 is 11.6 Å². The summed E-state index contributed by atoms with van der Waals surface area (Å²) in [5, 5.41) is 10.3. The third-order valence-electron chi connectivity index (χ3n) is 2.59. The quantitative estimate of drug-likeness (QED) is 0.773. The fourth-order valence-corrected chi connectivity index (χ4v) is 2.03. The van der Waals surface area contributed by atoms with Crippen molar-refractivity contribution in [3.63, 3.8) is 0 Å². The van der Waals surface area contributed by atoms with Crippen molar-refractivity contribution in [3.05, 3.63) is 40.9 Å². The van der Waals surface area contributed by atoms with Gasteiger partial charge in [0, 0.05) is 22.5 Å². The Kier molecular flexibility index (Phi) is 3.36. The predicted octanol–water partition coefficient (Wildman–Crippen LogP) is 1.66. The fourth-order valence-electron chi connectivity index (χ4n) is 1.86. The zero-order valence-electron chi connectivity index (χ0n) is 9.03. The Hall–Kier alpha value is -1.52. The van der Waals surface area contributed by atoms with E-state index in [-0.39, 0.29) is 6.61 Å². The van der Waals surface area contributed by atoms with Crippen LogP contribution in [-0.2, 0) is 6.42 Å². The molecule has 0 saturated heterocycles. The largest absolute Gasteiger partial charge is 0.396 e. The first-order valence-corrected chi connectivity index (χ1v) is 5.53. The monoisotopic (exact) mass is 251 g/mol. The lowest BCUT2D eigenvalue weighted by Gasteiger charge is -2.00. The minimum Gasteiger partial charge on any atom is -0.396 e. The van der Waals surface area contributed by atoms with Gasteiger partial charge < -0.3 is 15.8 Å². The van der Waals surface area contributed by atoms with Crippen LogP contribution in [0.4, 0.5) is 0 Å². The van der Waals surface area contributed by atoms with Crippen molar-refractivity contribution in [1.29, 1.82) is 0 Å². The van der Waals surface area contributed by atoms with Crippen molar-refractivity contribution in [2.24, 2.45) is 5.73 Å². The molecule has 0 fully saturated rings. The third kappa shape index (κ3) is 2.28. The maximum atomic E-state index is 11.3. The lowest BCUT2D eigenvalue weighted by molar-refractivity contribution is 0.0995. The van der Waals surface area contributed by atoms with E-state index in [0.29, 0.717) is 17.1 Å². The van der Waals surface area contributed by atoms with Gasteiger partial charge in [0.2, 0.25) is 0 Å². The minimum absolute atomic E-state index is 0.0432. The normalized spacial score (nSPS) is 10.9. The second kappa shape index (κ2) is 4.77. The van der Waals surface area contributed by atoms with Gasteiger partial charge in [-0.25, -0.2) is 0 Å². The molecule has 5 heteroatoms. The number of carbonyl (C=O) groups excluding carboxylic acids is 1. The molecule has 0 aliphatic heterocycles. The number of aromatic amines is 1. The van der Waals surface area contributed by atoms with E-state index in [1.807, 2.05) is 6.07 Å². The van der Waals surface area contributed by atoms with E-state index in [4.69, 9.17) is 22.4 Å². The number of aliphatic hydroxyl groups excluding tert-OH is 1. The Labute approximate surface area is 103 Å². The van der Waals surface area contributed by atoms with Gasteiger partial charge in [0.1, 0.15) is 5.69 Å². The Balaban J connectivity index is 2.58. The molecule has 2 rings (SSSR count). The van der Waals surface area contributed by atoms with E-state index < -0.39 is 5.91 Å². The Morgan fingerprint density at radius 1 is 1.53 bits per heavy atom. The molecule has 2 aromatic rings. The summed E-state index contributed by atoms with van der Waals surface area (Å²) in [5.41, 5.74) is 7.24. The van der Waals surface area contributed by atoms with Crippen LogP contribution in [0.3, 0.4) is 0 Å². The molecular formula is C12H12ClN2O2. The molecule has 0 spiro atoms. The summed E-state index contributed by atoms with van der Waals surface area (Å²) in [7, 11) is 0. The molecule has 1 aromatic carbocycles. The van der Waals surface area contributed by atoms with Gasteiger partial charge in [-0.05, 0) is 30.5 Å². The van der Waals surface area contributed by atoms with E-state index in [1.165, 1.54) is 0 Å². The van der Waals surface area contributed by atoms with Gasteiger partial charge in [0.15, 0.2) is 0 Å². The number of aliphatic hydroxyl groups is 1. The molecule has 0 atom stereocenters. The van der Waals surface area contributed by atoms with Crippen molar-refractivity contribution in [1.82, 2.24) is 4.98 Å². The summed E-state index contributed by atoms with van der Waals surface area (Å²) >= 11 is 5.88. The zero-order valence-corrected chi connectivity index (χ0v) is 9.79. The molecule has 0 unspecified atom stereocenters. The van der Waals surface area contributed by atoms with Crippen LogP contribution in [0, 0.1) is 6.42 Å². The van der Waals surface area contributed by atoms with Crippen LogP contribution in [0.1, 0.15) is 16.1 Å². The van der Waals surface area contributed by atoms with Gasteiger partial charge in [0.25, 0.3) is 5.91 Å². The first-order chi connectivity index (χ1) is 8.13. The van der Waals surface area contributed by atoms with Crippen molar-refractivity contribution < 1.29 is 9.90 Å². The van der Waals surface area contributed by atoms with Crippen LogP contribution in [0.15, 0.2) is 18.2 Å². The van der Waals surface area contributed by atoms with Gasteiger partial charge in [-0.2, -0.15) is 0 Å². The van der Waals surface area contributed by atoms with Gasteiger partial charge in [-0.1, -0.05) is 17.7 Å². The van der Waals surface area contributed by atoms with Gasteiger partial charge in [0.05, 0.1) is 0 Å². The van der Waals surface area contributed by atoms with Crippen LogP contribution in [-0.4, -0.2) is 22.6 Å². The molecule has 4 N–H and O–H groups in total. The van der Waals surface area contributed by atoms with Gasteiger partial charge in [-0.15, -0.1) is 0 Å². The highest BCUT2D eigenvalue weighted by atomic mass is 35.5. The number of rotatable bonds is 4. The Morgan fingerprint density at radius 2 is 2.29 bits per heavy atom. The standard InChI is InChI=1S/C12H12ClN2O2/c13-7-3-4-8-9(2-1-5-16)11(12(14)17)15-10(8)6-7/h1,3-4,6,15-16H,2,5H2,(H2,14,17). The fraction of sp³-hybridized carbons (Fsp3) is 0.167. The predicted molar refractivity (Wildman–Crippen MR) is 66.9 cm³/mol. The molecule has 0 saturated carbocycles. The molecule has 0 aliphatic rings. The Morgan fingerprint density at radius 3 is 2.94 bits per heavy atom. The topological polar surface area (TPSA) is 79.1 Å². The first kappa shape index (κ1) is 12.0. The number of benzene rings is 1. The Bertz CT molecular complexity index is 563. The number of H-pyrrole nitrogens is 1. The number of carbonyl (C=O) groups is 1. The number of fused-ring (bicyclic) bond motifs is 1. The van der Waals surface area contributed by atoms with Crippen molar-refractivity contribution in [2.75, 3.05) is 6.61 Å². The van der Waals surface area contributed by atoms with Crippen LogP contribution in [0.25, 0.3) is 10.9 Å². The summed E-state index contributed by atoms with van der Waals surface area (Å²) in [6.07, 6.45) is 2.15. The average molecular weight is 252 g/mol. The highest BCUT2D eigenvalue weighted by Crippen LogP contribution is 2.26. The number of halogens is 1. The second-order valence-corrected chi connectivity index (χ2v) is 4.14. The third-order valence-corrected chi connectivity index (χ3v) is 2.83. The minimum atomic E-state index is -0.515. The molecule has 4 nitrogen and oxygen atoms in total. The summed E-state index contributed by atoms with van der Waals surface area (Å²) in [4.78, 5) is 14.3. The molecular weight excluding hydrogens is 240 g/mol. The number of hydrogen-bond acceptors (Lipinski definition) is 2. The lowest BCUT2D eigenvalue weighted by Crippen LogP contribution is -2.13. The smallest absolute Gasteiger partial charge is 0.265 e. The number of nitrogens with two attached hydrogens (primary N) is 1. The van der Waals surface area contributed by atoms with Gasteiger partial charge >= 0.3 is 0 Å². The molecule has 1 radical (unpaired) electrons. The lowest BCUT2D eigenvalue weighted by atomic mass is 10.1. The van der Waals surface area contributed by atoms with E-state index in [9.17, 15) is 4.79 Å². The molecule has 17 heavy (non-hydrogen) atoms. The molecule has 89 valence electrons. The van der Waals surface area contributed by atoms with Crippen LogP contribution in [0.5, 0.6) is 0 Å². The maximum absolute atomic E-state index is 11.3. The number of primary amides is 1. The molecule has 0 aliphatic carbocycles. The second-order valence-electron chi connectivity index (χ2n) is 3.71. The first-order valence-electron chi connectivity index (χ1n) is 5.16. The molecule has 1 amide bonds. The highest BCUT2D eigenvalue weighted by molar-refractivity contribution is 6.31. The van der Waals surface area contributed by atoms with E-state index in [0.717, 1.165) is 16.5 Å². The molecule has 0 bridgehead atoms. The molecule has 1 aromatic heterocycles. The molecule has 1 heterocycles. The van der Waals surface area contributed by atoms with Crippen LogP contribution < -0.4 is 5.73 Å². The average Bonchev–Trinajstić information content (AvgIpc) is 2.64. The van der Waals surface area contributed by atoms with Crippen molar-refractivity contribution in [2.45, 2.75) is 6.42 Å². The number of amides is 1. The van der Waals surface area contributed by atoms with Gasteiger partial charge in [-0.3, -0.25) is 4.79 Å². The SMILES string of the molecule is NC(=O)c1[nH]c2cc(Cl)ccc2c1C[CH]CO. The van der Waals surface area contributed by atoms with E-state index in [2.05, 4.69) is 4.98 Å². The van der Waals surface area contributed by atoms with E-state index in [1.54, 1.807) is 18.6 Å². The summed E-state index contributed by atoms with van der Waals surface area (Å²) in [6, 6.07) is 5.33. The van der Waals surface area contributed by atoms with Crippen molar-refractivity contribution in [3.8, 4) is 0 Å². The summed E-state index contributed by atoms with van der Waals surface area (Å²) in [6.45, 7) is -0.0432. The number of hydrogen-bond donors (Lipinski definition) is 3. The van der Waals surface area contributed by atoms with Crippen molar-refractivity contribution >= 4 is 28.4 Å². The zero-order chi connectivity index (χ0) is 12.4. The maximum Gasteiger partial charge on any atom is 0.265 e. The summed E-state index contributed by atoms with van der Waals surface area (Å²) in [5.74, 6) is -0.515. The number of nitrogens with one attached hydrogen (secondary N) is 1. The van der Waals surface area contributed by atoms with Crippen LogP contribution in [0.2, 0.25) is 5.02 Å². The highest BCUT2D eigenvalue weighted by Gasteiger charge is 2.15. The van der Waals surface area contributed by atoms with E-state index >= 15 is 0 Å². The summed E-state index contributed by atoms with van der Waals surface area (Å²) < 4.78 is 0.